The number of carbonyl (C=O) groups excluding carboxylic acids is 1. The molecule has 0 unspecified atom stereocenters. The van der Waals surface area contributed by atoms with Gasteiger partial charge in [-0.1, -0.05) is 56.3 Å². The summed E-state index contributed by atoms with van der Waals surface area (Å²) in [5.74, 6) is 0.361. The summed E-state index contributed by atoms with van der Waals surface area (Å²) in [6.45, 7) is 3.54. The summed E-state index contributed by atoms with van der Waals surface area (Å²) in [6.07, 6.45) is 4.15. The van der Waals surface area contributed by atoms with Gasteiger partial charge >= 0.3 is 0 Å². The van der Waals surface area contributed by atoms with E-state index in [0.29, 0.717) is 11.6 Å². The van der Waals surface area contributed by atoms with E-state index in [4.69, 9.17) is 5.73 Å². The second-order valence-corrected chi connectivity index (χ2v) is 6.05. The van der Waals surface area contributed by atoms with E-state index in [-0.39, 0.29) is 0 Å². The number of aldehydes is 1. The van der Waals surface area contributed by atoms with Gasteiger partial charge in [0.2, 0.25) is 0 Å². The highest BCUT2D eigenvalue weighted by Crippen LogP contribution is 2.19. The number of halogens is 1. The van der Waals surface area contributed by atoms with Crippen LogP contribution in [0, 0.1) is 5.92 Å². The Hall–Kier alpha value is -2.88. The largest absolute Gasteiger partial charge is 0.398 e. The van der Waals surface area contributed by atoms with Crippen LogP contribution in [0.3, 0.4) is 0 Å². The molecule has 4 heteroatoms. The van der Waals surface area contributed by atoms with Gasteiger partial charge in [-0.15, -0.1) is 0 Å². The molecule has 0 saturated heterocycles. The zero-order chi connectivity index (χ0) is 18.2. The fraction of sp³-hybridized carbons (Fsp3) is 0.190. The Morgan fingerprint density at radius 2 is 1.88 bits per heavy atom. The smallest absolute Gasteiger partial charge is 0.166 e. The summed E-state index contributed by atoms with van der Waals surface area (Å²) in [7, 11) is 0. The van der Waals surface area contributed by atoms with Crippen LogP contribution in [0.1, 0.15) is 24.3 Å². The average molecular weight is 338 g/mol. The van der Waals surface area contributed by atoms with Crippen molar-refractivity contribution in [3.63, 3.8) is 0 Å². The minimum Gasteiger partial charge on any atom is -0.398 e. The van der Waals surface area contributed by atoms with E-state index >= 15 is 0 Å². The van der Waals surface area contributed by atoms with Crippen LogP contribution in [0.5, 0.6) is 0 Å². The predicted molar refractivity (Wildman–Crippen MR) is 104 cm³/mol. The van der Waals surface area contributed by atoms with Gasteiger partial charge in [0.15, 0.2) is 6.29 Å². The number of fused-ring (bicyclic) bond motifs is 1. The number of hydrogen-bond acceptors (Lipinski definition) is 2. The van der Waals surface area contributed by atoms with Crippen molar-refractivity contribution < 1.29 is 9.18 Å². The van der Waals surface area contributed by atoms with Crippen LogP contribution in [0.2, 0.25) is 0 Å². The van der Waals surface area contributed by atoms with Gasteiger partial charge in [-0.25, -0.2) is 4.39 Å². The van der Waals surface area contributed by atoms with Gasteiger partial charge in [0.1, 0.15) is 6.67 Å². The Morgan fingerprint density at radius 3 is 2.52 bits per heavy atom. The van der Waals surface area contributed by atoms with E-state index in [1.165, 1.54) is 11.5 Å². The van der Waals surface area contributed by atoms with Gasteiger partial charge in [-0.2, -0.15) is 0 Å². The monoisotopic (exact) mass is 338 g/mol. The van der Waals surface area contributed by atoms with Crippen molar-refractivity contribution in [2.24, 2.45) is 5.92 Å². The zero-order valence-electron chi connectivity index (χ0n) is 14.5. The molecule has 0 spiro atoms. The SMILES string of the molecule is CC(C)/C=c1/[nH]c(C=O)c/c1=C/CF.Nc1cccc2ccccc12. The highest BCUT2D eigenvalue weighted by Gasteiger charge is 1.95. The molecule has 0 aliphatic carbocycles. The second-order valence-electron chi connectivity index (χ2n) is 6.05. The van der Waals surface area contributed by atoms with Gasteiger partial charge in [0.05, 0.1) is 5.69 Å². The molecule has 0 atom stereocenters. The first-order valence-electron chi connectivity index (χ1n) is 8.20. The summed E-state index contributed by atoms with van der Waals surface area (Å²) < 4.78 is 12.1. The number of hydrogen-bond donors (Lipinski definition) is 2. The molecule has 2 aromatic carbocycles. The lowest BCUT2D eigenvalue weighted by atomic mass is 10.1. The van der Waals surface area contributed by atoms with E-state index in [9.17, 15) is 9.18 Å². The Bertz CT molecular complexity index is 952. The Balaban J connectivity index is 0.000000185. The van der Waals surface area contributed by atoms with E-state index < -0.39 is 6.67 Å². The molecule has 1 aromatic heterocycles. The summed E-state index contributed by atoms with van der Waals surface area (Å²) in [4.78, 5) is 13.4. The van der Waals surface area contributed by atoms with Gasteiger partial charge in [-0.05, 0) is 34.7 Å². The van der Waals surface area contributed by atoms with Crippen LogP contribution < -0.4 is 16.3 Å². The van der Waals surface area contributed by atoms with Crippen LogP contribution in [0.25, 0.3) is 22.9 Å². The molecule has 3 nitrogen and oxygen atoms in total. The van der Waals surface area contributed by atoms with Crippen LogP contribution in [0.4, 0.5) is 10.1 Å². The molecule has 0 amide bonds. The number of carbonyl (C=O) groups is 1. The first-order valence-corrected chi connectivity index (χ1v) is 8.20. The molecule has 1 heterocycles. The molecule has 130 valence electrons. The summed E-state index contributed by atoms with van der Waals surface area (Å²) in [6, 6.07) is 15.7. The number of alkyl halides is 1. The van der Waals surface area contributed by atoms with Gasteiger partial charge < -0.3 is 10.7 Å². The maximum absolute atomic E-state index is 12.1. The van der Waals surface area contributed by atoms with Gasteiger partial charge in [0, 0.05) is 16.4 Å². The first kappa shape index (κ1) is 18.5. The second kappa shape index (κ2) is 8.83. The third kappa shape index (κ3) is 5.05. The zero-order valence-corrected chi connectivity index (χ0v) is 14.5. The fourth-order valence-corrected chi connectivity index (χ4v) is 2.55. The minimum atomic E-state index is -0.519. The lowest BCUT2D eigenvalue weighted by Crippen LogP contribution is -2.23. The molecule has 0 bridgehead atoms. The lowest BCUT2D eigenvalue weighted by molar-refractivity contribution is 0.111. The number of aromatic amines is 1. The van der Waals surface area contributed by atoms with Crippen molar-refractivity contribution in [2.45, 2.75) is 13.8 Å². The molecule has 0 radical (unpaired) electrons. The highest BCUT2D eigenvalue weighted by molar-refractivity contribution is 5.92. The Morgan fingerprint density at radius 1 is 1.16 bits per heavy atom. The number of nitrogen functional groups attached to an aromatic ring is 1. The standard InChI is InChI=1S/C11H14FNO.C10H9N/c1-8(2)5-11-9(3-4-12)6-10(7-14)13-11;11-10-7-3-5-8-4-1-2-6-9(8)10/h3,5-8,13H,4H2,1-2H3;1-7H,11H2/b9-3-,11-5+;. The number of anilines is 1. The summed E-state index contributed by atoms with van der Waals surface area (Å²) in [5, 5.41) is 3.91. The van der Waals surface area contributed by atoms with Crippen LogP contribution in [-0.2, 0) is 0 Å². The molecule has 0 fully saturated rings. The maximum Gasteiger partial charge on any atom is 0.166 e. The van der Waals surface area contributed by atoms with E-state index in [2.05, 4.69) is 17.1 Å². The van der Waals surface area contributed by atoms with Crippen molar-refractivity contribution in [3.8, 4) is 0 Å². The summed E-state index contributed by atoms with van der Waals surface area (Å²) in [5.41, 5.74) is 7.09. The molecule has 25 heavy (non-hydrogen) atoms. The third-order valence-electron chi connectivity index (χ3n) is 3.65. The van der Waals surface area contributed by atoms with Crippen LogP contribution >= 0.6 is 0 Å². The van der Waals surface area contributed by atoms with Crippen molar-refractivity contribution >= 4 is 34.9 Å². The molecule has 3 N–H and O–H groups in total. The van der Waals surface area contributed by atoms with E-state index in [1.54, 1.807) is 6.07 Å². The molecule has 0 saturated carbocycles. The average Bonchev–Trinajstić information content (AvgIpc) is 2.98. The van der Waals surface area contributed by atoms with Gasteiger partial charge in [0.25, 0.3) is 0 Å². The molecular weight excluding hydrogens is 315 g/mol. The molecule has 0 aliphatic heterocycles. The van der Waals surface area contributed by atoms with Crippen molar-refractivity contribution in [1.82, 2.24) is 4.98 Å². The van der Waals surface area contributed by atoms with Crippen LogP contribution in [0.15, 0.2) is 48.5 Å². The molecule has 3 aromatic rings. The van der Waals surface area contributed by atoms with Crippen LogP contribution in [-0.4, -0.2) is 17.9 Å². The molecule has 3 rings (SSSR count). The van der Waals surface area contributed by atoms with Gasteiger partial charge in [-0.3, -0.25) is 4.79 Å². The highest BCUT2D eigenvalue weighted by atomic mass is 19.1. The minimum absolute atomic E-state index is 0.361. The van der Waals surface area contributed by atoms with Crippen molar-refractivity contribution in [3.05, 3.63) is 64.8 Å². The number of aromatic nitrogens is 1. The first-order chi connectivity index (χ1) is 12.0. The Kier molecular flexibility index (Phi) is 6.52. The number of benzene rings is 2. The molecular formula is C21H23FN2O. The number of nitrogens with two attached hydrogens (primary N) is 1. The number of H-pyrrole nitrogens is 1. The quantitative estimate of drug-likeness (QED) is 0.568. The van der Waals surface area contributed by atoms with Crippen molar-refractivity contribution in [2.75, 3.05) is 12.4 Å². The Labute approximate surface area is 146 Å². The fourth-order valence-electron chi connectivity index (χ4n) is 2.55. The van der Waals surface area contributed by atoms with E-state index in [1.807, 2.05) is 50.3 Å². The molecule has 0 aliphatic rings. The predicted octanol–water partition coefficient (Wildman–Crippen LogP) is 3.44. The lowest BCUT2D eigenvalue weighted by Gasteiger charge is -1.98. The summed E-state index contributed by atoms with van der Waals surface area (Å²) >= 11 is 0. The number of nitrogens with one attached hydrogen (secondary N) is 1. The number of rotatable bonds is 3. The normalized spacial score (nSPS) is 12.3. The topological polar surface area (TPSA) is 58.9 Å². The van der Waals surface area contributed by atoms with E-state index in [0.717, 1.165) is 27.9 Å². The maximum atomic E-state index is 12.1. The van der Waals surface area contributed by atoms with Crippen molar-refractivity contribution in [1.29, 1.82) is 0 Å². The third-order valence-corrected chi connectivity index (χ3v) is 3.65.